The zero-order chi connectivity index (χ0) is 5.98. The molecule has 1 amide bonds. The second kappa shape index (κ2) is 4.63. The molecule has 0 aromatic heterocycles. The van der Waals surface area contributed by atoms with Crippen LogP contribution in [0.1, 0.15) is 14.3 Å². The number of hydrogen-bond acceptors (Lipinski definition) is 1. The standard InChI is InChI=1S/C6H9NO.K.H/c1-2-7-5-3-4-6(7)8;;/h2H,1,3-5H2;;/q;+1;-1. The number of carbonyl (C=O) groups is 1. The first-order valence-corrected chi connectivity index (χ1v) is 2.76. The monoisotopic (exact) mass is 151 g/mol. The Morgan fingerprint density at radius 1 is 1.78 bits per heavy atom. The van der Waals surface area contributed by atoms with Crippen molar-refractivity contribution in [2.45, 2.75) is 12.8 Å². The van der Waals surface area contributed by atoms with E-state index >= 15 is 0 Å². The summed E-state index contributed by atoms with van der Waals surface area (Å²) in [5.41, 5.74) is 0. The summed E-state index contributed by atoms with van der Waals surface area (Å²) in [6.45, 7) is 4.36. The number of carbonyl (C=O) groups excluding carboxylic acids is 1. The molecule has 1 aliphatic heterocycles. The Morgan fingerprint density at radius 2 is 2.44 bits per heavy atom. The molecule has 0 aromatic rings. The molecule has 1 rings (SSSR count). The predicted molar refractivity (Wildman–Crippen MR) is 32.3 cm³/mol. The largest absolute Gasteiger partial charge is 1.00 e. The first-order valence-electron chi connectivity index (χ1n) is 2.76. The minimum Gasteiger partial charge on any atom is -1.00 e. The Hall–Kier alpha value is 0.846. The maximum atomic E-state index is 10.7. The van der Waals surface area contributed by atoms with Crippen LogP contribution < -0.4 is 51.4 Å². The molecule has 0 unspecified atom stereocenters. The summed E-state index contributed by atoms with van der Waals surface area (Å²) in [5, 5.41) is 0. The number of nitrogens with zero attached hydrogens (tertiary/aromatic N) is 1. The van der Waals surface area contributed by atoms with Gasteiger partial charge in [-0.25, -0.2) is 0 Å². The van der Waals surface area contributed by atoms with Crippen molar-refractivity contribution in [3.8, 4) is 0 Å². The first-order chi connectivity index (χ1) is 3.84. The smallest absolute Gasteiger partial charge is 1.00 e. The van der Waals surface area contributed by atoms with Crippen molar-refractivity contribution < 1.29 is 57.6 Å². The van der Waals surface area contributed by atoms with Gasteiger partial charge < -0.3 is 6.33 Å². The van der Waals surface area contributed by atoms with Gasteiger partial charge in [-0.1, -0.05) is 6.58 Å². The molecular weight excluding hydrogens is 141 g/mol. The average Bonchev–Trinajstić information content (AvgIpc) is 2.14. The van der Waals surface area contributed by atoms with E-state index in [-0.39, 0.29) is 58.7 Å². The Kier molecular flexibility index (Phi) is 5.06. The molecule has 3 heteroatoms. The summed E-state index contributed by atoms with van der Waals surface area (Å²) in [5.74, 6) is 0.208. The van der Waals surface area contributed by atoms with Gasteiger partial charge in [0.1, 0.15) is 0 Å². The van der Waals surface area contributed by atoms with E-state index in [0.717, 1.165) is 13.0 Å². The van der Waals surface area contributed by atoms with Crippen molar-refractivity contribution in [3.05, 3.63) is 12.8 Å². The van der Waals surface area contributed by atoms with E-state index in [0.29, 0.717) is 6.42 Å². The van der Waals surface area contributed by atoms with Crippen LogP contribution in [0.25, 0.3) is 0 Å². The van der Waals surface area contributed by atoms with E-state index in [1.165, 1.54) is 0 Å². The topological polar surface area (TPSA) is 20.3 Å². The molecule has 0 radical (unpaired) electrons. The molecule has 0 atom stereocenters. The van der Waals surface area contributed by atoms with E-state index < -0.39 is 0 Å². The van der Waals surface area contributed by atoms with Gasteiger partial charge in [0, 0.05) is 13.0 Å². The second-order valence-corrected chi connectivity index (χ2v) is 1.87. The normalized spacial score (nSPS) is 17.3. The van der Waals surface area contributed by atoms with Crippen LogP contribution in [0.15, 0.2) is 12.8 Å². The Morgan fingerprint density at radius 3 is 2.67 bits per heavy atom. The molecule has 0 aliphatic carbocycles. The zero-order valence-electron chi connectivity index (χ0n) is 6.76. The molecule has 0 N–H and O–H groups in total. The molecule has 0 saturated carbocycles. The fraction of sp³-hybridized carbons (Fsp3) is 0.500. The van der Waals surface area contributed by atoms with Gasteiger partial charge in [-0.2, -0.15) is 0 Å². The number of amides is 1. The van der Waals surface area contributed by atoms with Crippen LogP contribution in [-0.4, -0.2) is 17.4 Å². The van der Waals surface area contributed by atoms with Gasteiger partial charge in [0.15, 0.2) is 0 Å². The summed E-state index contributed by atoms with van der Waals surface area (Å²) in [7, 11) is 0. The third-order valence-corrected chi connectivity index (χ3v) is 1.33. The minimum absolute atomic E-state index is 0. The molecule has 2 nitrogen and oxygen atoms in total. The molecular formula is C6H10KNO. The van der Waals surface area contributed by atoms with E-state index in [9.17, 15) is 4.79 Å². The van der Waals surface area contributed by atoms with Crippen molar-refractivity contribution in [3.63, 3.8) is 0 Å². The van der Waals surface area contributed by atoms with Gasteiger partial charge in [0.2, 0.25) is 5.91 Å². The van der Waals surface area contributed by atoms with Gasteiger partial charge >= 0.3 is 51.4 Å². The van der Waals surface area contributed by atoms with E-state index in [2.05, 4.69) is 6.58 Å². The zero-order valence-corrected chi connectivity index (χ0v) is 8.88. The molecule has 46 valence electrons. The van der Waals surface area contributed by atoms with Crippen LogP contribution in [0.4, 0.5) is 0 Å². The SMILES string of the molecule is C=CN1CCCC1=O.[H-].[K+]. The first kappa shape index (κ1) is 9.85. The quantitative estimate of drug-likeness (QED) is 0.392. The van der Waals surface area contributed by atoms with Crippen LogP contribution in [0.2, 0.25) is 0 Å². The third kappa shape index (κ3) is 2.51. The summed E-state index contributed by atoms with van der Waals surface area (Å²) < 4.78 is 0. The summed E-state index contributed by atoms with van der Waals surface area (Å²) in [6, 6.07) is 0. The van der Waals surface area contributed by atoms with Crippen molar-refractivity contribution >= 4 is 5.91 Å². The van der Waals surface area contributed by atoms with Crippen LogP contribution in [0.5, 0.6) is 0 Å². The van der Waals surface area contributed by atoms with Gasteiger partial charge in [0.25, 0.3) is 0 Å². The molecule has 0 bridgehead atoms. The fourth-order valence-electron chi connectivity index (χ4n) is 0.862. The van der Waals surface area contributed by atoms with Gasteiger partial charge in [-0.15, -0.1) is 0 Å². The maximum Gasteiger partial charge on any atom is 1.00 e. The van der Waals surface area contributed by atoms with Crippen molar-refractivity contribution in [1.82, 2.24) is 4.90 Å². The minimum atomic E-state index is 0. The van der Waals surface area contributed by atoms with Crippen molar-refractivity contribution in [2.75, 3.05) is 6.54 Å². The third-order valence-electron chi connectivity index (χ3n) is 1.33. The second-order valence-electron chi connectivity index (χ2n) is 1.87. The summed E-state index contributed by atoms with van der Waals surface area (Å²) in [6.07, 6.45) is 3.28. The number of likely N-dealkylation sites (tertiary alicyclic amines) is 1. The fourth-order valence-corrected chi connectivity index (χ4v) is 0.862. The maximum absolute atomic E-state index is 10.7. The molecule has 1 saturated heterocycles. The molecule has 0 aromatic carbocycles. The van der Waals surface area contributed by atoms with Crippen molar-refractivity contribution in [2.24, 2.45) is 0 Å². The number of hydrogen-bond donors (Lipinski definition) is 0. The molecule has 1 heterocycles. The van der Waals surface area contributed by atoms with Gasteiger partial charge in [0.05, 0.1) is 0 Å². The number of rotatable bonds is 1. The van der Waals surface area contributed by atoms with Crippen molar-refractivity contribution in [1.29, 1.82) is 0 Å². The summed E-state index contributed by atoms with van der Waals surface area (Å²) >= 11 is 0. The van der Waals surface area contributed by atoms with E-state index in [4.69, 9.17) is 0 Å². The van der Waals surface area contributed by atoms with Crippen LogP contribution >= 0.6 is 0 Å². The van der Waals surface area contributed by atoms with Crippen LogP contribution in [0.3, 0.4) is 0 Å². The molecule has 1 fully saturated rings. The molecule has 0 spiro atoms. The van der Waals surface area contributed by atoms with E-state index in [1.807, 2.05) is 0 Å². The summed E-state index contributed by atoms with van der Waals surface area (Å²) in [4.78, 5) is 12.3. The van der Waals surface area contributed by atoms with Gasteiger partial charge in [-0.05, 0) is 12.6 Å². The van der Waals surface area contributed by atoms with E-state index in [1.54, 1.807) is 11.1 Å². The molecule has 1 aliphatic rings. The average molecular weight is 151 g/mol. The van der Waals surface area contributed by atoms with Gasteiger partial charge in [-0.3, -0.25) is 4.79 Å². The van der Waals surface area contributed by atoms with Crippen LogP contribution in [-0.2, 0) is 4.79 Å². The Bertz CT molecular complexity index is 129. The Labute approximate surface area is 99.2 Å². The Balaban J connectivity index is 0. The molecule has 9 heavy (non-hydrogen) atoms. The predicted octanol–water partition coefficient (Wildman–Crippen LogP) is -2.13. The van der Waals surface area contributed by atoms with Crippen LogP contribution in [0, 0.1) is 0 Å².